The van der Waals surface area contributed by atoms with Crippen molar-refractivity contribution < 1.29 is 14.3 Å². The molecule has 0 aliphatic heterocycles. The van der Waals surface area contributed by atoms with E-state index in [1.54, 1.807) is 31.4 Å². The number of methoxy groups -OCH3 is 1. The second kappa shape index (κ2) is 5.50. The van der Waals surface area contributed by atoms with Crippen molar-refractivity contribution >= 4 is 12.2 Å². The number of carbonyl (C=O) groups excluding carboxylic acids is 2. The number of rotatable bonds is 4. The largest absolute Gasteiger partial charge is 0.497 e. The van der Waals surface area contributed by atoms with Crippen LogP contribution >= 0.6 is 0 Å². The molecule has 0 radical (unpaired) electrons. The Morgan fingerprint density at radius 3 is 2.07 bits per heavy atom. The number of aliphatic imine (C=N–C) groups is 2. The van der Waals surface area contributed by atoms with Crippen molar-refractivity contribution in [1.29, 1.82) is 0 Å². The Bertz CT molecular complexity index is 397. The summed E-state index contributed by atoms with van der Waals surface area (Å²) in [6, 6.07) is 6.68. The summed E-state index contributed by atoms with van der Waals surface area (Å²) < 4.78 is 4.95. The third-order valence-electron chi connectivity index (χ3n) is 1.76. The fraction of sp³-hybridized carbons (Fsp3) is 0.200. The molecule has 0 amide bonds. The van der Waals surface area contributed by atoms with E-state index in [9.17, 15) is 9.59 Å². The molecule has 1 aromatic carbocycles. The van der Waals surface area contributed by atoms with Crippen molar-refractivity contribution in [3.63, 3.8) is 0 Å². The van der Waals surface area contributed by atoms with Gasteiger partial charge < -0.3 is 4.74 Å². The first-order chi connectivity index (χ1) is 7.31. The summed E-state index contributed by atoms with van der Waals surface area (Å²) in [5.41, 5.74) is 0.600. The van der Waals surface area contributed by atoms with Gasteiger partial charge in [0.15, 0.2) is 6.17 Å². The van der Waals surface area contributed by atoms with Crippen LogP contribution in [-0.4, -0.2) is 19.3 Å². The van der Waals surface area contributed by atoms with Crippen LogP contribution in [0.2, 0.25) is 0 Å². The zero-order valence-corrected chi connectivity index (χ0v) is 8.01. The number of hydrogen-bond donors (Lipinski definition) is 0. The van der Waals surface area contributed by atoms with Gasteiger partial charge in [-0.05, 0) is 12.1 Å². The monoisotopic (exact) mass is 204 g/mol. The Balaban J connectivity index is 3.00. The van der Waals surface area contributed by atoms with Crippen molar-refractivity contribution in [3.8, 4) is 5.75 Å². The van der Waals surface area contributed by atoms with Crippen LogP contribution in [-0.2, 0) is 9.59 Å². The minimum atomic E-state index is -0.870. The minimum Gasteiger partial charge on any atom is -0.497 e. The third-order valence-corrected chi connectivity index (χ3v) is 1.76. The zero-order valence-electron chi connectivity index (χ0n) is 8.01. The molecule has 0 saturated carbocycles. The molecule has 5 heteroatoms. The van der Waals surface area contributed by atoms with E-state index in [1.165, 1.54) is 12.2 Å². The van der Waals surface area contributed by atoms with Gasteiger partial charge in [-0.2, -0.15) is 9.98 Å². The second-order valence-electron chi connectivity index (χ2n) is 2.59. The quantitative estimate of drug-likeness (QED) is 0.549. The Morgan fingerprint density at radius 1 is 1.13 bits per heavy atom. The fourth-order valence-corrected chi connectivity index (χ4v) is 1.05. The number of hydrogen-bond acceptors (Lipinski definition) is 5. The lowest BCUT2D eigenvalue weighted by molar-refractivity contribution is 0.414. The molecule has 0 unspecified atom stereocenters. The average Bonchev–Trinajstić information content (AvgIpc) is 2.29. The number of ether oxygens (including phenoxy) is 1. The maximum atomic E-state index is 10.1. The van der Waals surface area contributed by atoms with Crippen LogP contribution in [0.5, 0.6) is 5.75 Å². The average molecular weight is 204 g/mol. The van der Waals surface area contributed by atoms with Crippen molar-refractivity contribution in [1.82, 2.24) is 0 Å². The topological polar surface area (TPSA) is 68.1 Å². The lowest BCUT2D eigenvalue weighted by Crippen LogP contribution is -1.91. The molecule has 0 saturated heterocycles. The van der Waals surface area contributed by atoms with Crippen LogP contribution < -0.4 is 4.74 Å². The van der Waals surface area contributed by atoms with Crippen LogP contribution in [0, 0.1) is 0 Å². The summed E-state index contributed by atoms with van der Waals surface area (Å²) in [5, 5.41) is 0. The van der Waals surface area contributed by atoms with Crippen molar-refractivity contribution in [2.24, 2.45) is 9.98 Å². The molecule has 15 heavy (non-hydrogen) atoms. The minimum absolute atomic E-state index is 0.600. The molecule has 5 nitrogen and oxygen atoms in total. The molecule has 0 bridgehead atoms. The van der Waals surface area contributed by atoms with E-state index in [1.807, 2.05) is 0 Å². The van der Waals surface area contributed by atoms with Crippen LogP contribution in [0.25, 0.3) is 0 Å². The first-order valence-corrected chi connectivity index (χ1v) is 4.09. The maximum absolute atomic E-state index is 10.1. The van der Waals surface area contributed by atoms with Gasteiger partial charge >= 0.3 is 0 Å². The van der Waals surface area contributed by atoms with Gasteiger partial charge in [0.25, 0.3) is 0 Å². The summed E-state index contributed by atoms with van der Waals surface area (Å²) in [6.45, 7) is 0. The van der Waals surface area contributed by atoms with E-state index in [4.69, 9.17) is 4.74 Å². The number of benzene rings is 1. The maximum Gasteiger partial charge on any atom is 0.237 e. The highest BCUT2D eigenvalue weighted by Gasteiger charge is 2.07. The molecular weight excluding hydrogens is 196 g/mol. The van der Waals surface area contributed by atoms with Gasteiger partial charge in [-0.3, -0.25) is 0 Å². The van der Waals surface area contributed by atoms with Gasteiger partial charge in [0.1, 0.15) is 5.75 Å². The fourth-order valence-electron chi connectivity index (χ4n) is 1.05. The van der Waals surface area contributed by atoms with Crippen molar-refractivity contribution in [3.05, 3.63) is 29.8 Å². The summed E-state index contributed by atoms with van der Waals surface area (Å²) in [7, 11) is 1.54. The second-order valence-corrected chi connectivity index (χ2v) is 2.59. The molecule has 0 atom stereocenters. The smallest absolute Gasteiger partial charge is 0.237 e. The van der Waals surface area contributed by atoms with E-state index < -0.39 is 6.17 Å². The standard InChI is InChI=1S/C10H8N2O3/c1-15-9-4-2-8(3-5-9)10(11-6-13)12-7-14/h2-5,10H,1H3. The molecule has 0 spiro atoms. The molecule has 1 aromatic rings. The molecule has 0 aromatic heterocycles. The van der Waals surface area contributed by atoms with E-state index in [-0.39, 0.29) is 0 Å². The number of isocyanates is 2. The van der Waals surface area contributed by atoms with Gasteiger partial charge in [-0.25, -0.2) is 9.59 Å². The molecule has 0 heterocycles. The molecule has 1 rings (SSSR count). The van der Waals surface area contributed by atoms with E-state index in [2.05, 4.69) is 9.98 Å². The Labute approximate surface area is 86.1 Å². The van der Waals surface area contributed by atoms with Crippen molar-refractivity contribution in [2.45, 2.75) is 6.17 Å². The van der Waals surface area contributed by atoms with Crippen LogP contribution in [0.3, 0.4) is 0 Å². The molecular formula is C10H8N2O3. The van der Waals surface area contributed by atoms with Crippen LogP contribution in [0.1, 0.15) is 11.7 Å². The Morgan fingerprint density at radius 2 is 1.67 bits per heavy atom. The van der Waals surface area contributed by atoms with Gasteiger partial charge in [0.2, 0.25) is 12.2 Å². The Hall–Kier alpha value is -2.22. The predicted octanol–water partition coefficient (Wildman–Crippen LogP) is 1.37. The van der Waals surface area contributed by atoms with E-state index in [0.717, 1.165) is 0 Å². The summed E-state index contributed by atoms with van der Waals surface area (Å²) in [4.78, 5) is 26.9. The summed E-state index contributed by atoms with van der Waals surface area (Å²) >= 11 is 0. The van der Waals surface area contributed by atoms with Gasteiger partial charge in [-0.1, -0.05) is 12.1 Å². The first-order valence-electron chi connectivity index (χ1n) is 4.09. The van der Waals surface area contributed by atoms with Gasteiger partial charge in [-0.15, -0.1) is 0 Å². The lowest BCUT2D eigenvalue weighted by atomic mass is 10.2. The highest BCUT2D eigenvalue weighted by Crippen LogP contribution is 2.20. The summed E-state index contributed by atoms with van der Waals surface area (Å²) in [6.07, 6.45) is 1.83. The van der Waals surface area contributed by atoms with E-state index in [0.29, 0.717) is 11.3 Å². The first kappa shape index (κ1) is 10.9. The Kier molecular flexibility index (Phi) is 3.98. The molecule has 0 aliphatic carbocycles. The molecule has 0 aliphatic rings. The molecule has 76 valence electrons. The lowest BCUT2D eigenvalue weighted by Gasteiger charge is -2.04. The van der Waals surface area contributed by atoms with Crippen LogP contribution in [0.15, 0.2) is 34.3 Å². The predicted molar refractivity (Wildman–Crippen MR) is 52.0 cm³/mol. The highest BCUT2D eigenvalue weighted by molar-refractivity contribution is 5.40. The van der Waals surface area contributed by atoms with E-state index >= 15 is 0 Å². The SMILES string of the molecule is COc1ccc(C(N=C=O)N=C=O)cc1. The summed E-state index contributed by atoms with van der Waals surface area (Å²) in [5.74, 6) is 0.669. The highest BCUT2D eigenvalue weighted by atomic mass is 16.5. The zero-order chi connectivity index (χ0) is 11.1. The third kappa shape index (κ3) is 2.88. The number of nitrogens with zero attached hydrogens (tertiary/aromatic N) is 2. The normalized spacial score (nSPS) is 10.7. The van der Waals surface area contributed by atoms with Crippen LogP contribution in [0.4, 0.5) is 0 Å². The van der Waals surface area contributed by atoms with Crippen molar-refractivity contribution in [2.75, 3.05) is 7.11 Å². The van der Waals surface area contributed by atoms with Gasteiger partial charge in [0, 0.05) is 5.56 Å². The molecule has 0 fully saturated rings. The molecule has 0 N–H and O–H groups in total. The van der Waals surface area contributed by atoms with Gasteiger partial charge in [0.05, 0.1) is 7.11 Å².